The Bertz CT molecular complexity index is 698. The van der Waals surface area contributed by atoms with Gasteiger partial charge in [-0.15, -0.1) is 0 Å². The van der Waals surface area contributed by atoms with Gasteiger partial charge >= 0.3 is 0 Å². The first-order valence-electron chi connectivity index (χ1n) is 7.16. The lowest BCUT2D eigenvalue weighted by Crippen LogP contribution is -2.17. The molecule has 106 valence electrons. The van der Waals surface area contributed by atoms with Crippen LogP contribution >= 0.6 is 0 Å². The van der Waals surface area contributed by atoms with E-state index in [1.807, 2.05) is 19.2 Å². The molecular weight excluding hydrogens is 258 g/mol. The summed E-state index contributed by atoms with van der Waals surface area (Å²) in [4.78, 5) is 0. The Kier molecular flexibility index (Phi) is 3.89. The number of rotatable bonds is 4. The molecule has 0 amide bonds. The van der Waals surface area contributed by atoms with Gasteiger partial charge in [0.2, 0.25) is 0 Å². The summed E-state index contributed by atoms with van der Waals surface area (Å²) in [7, 11) is 1.96. The largest absolute Gasteiger partial charge is 0.467 e. The molecular formula is C19H19NO. The predicted molar refractivity (Wildman–Crippen MR) is 86.2 cm³/mol. The maximum atomic E-state index is 5.62. The SMILES string of the molecule is CNC(c1ccc(-c2ccccc2)cc1)c1occc1C. The number of aryl methyl sites for hydroxylation is 1. The summed E-state index contributed by atoms with van der Waals surface area (Å²) in [5.74, 6) is 0.977. The number of nitrogens with one attached hydrogen (secondary N) is 1. The Labute approximate surface area is 125 Å². The molecule has 21 heavy (non-hydrogen) atoms. The molecule has 2 nitrogen and oxygen atoms in total. The minimum absolute atomic E-state index is 0.0878. The zero-order valence-corrected chi connectivity index (χ0v) is 12.3. The van der Waals surface area contributed by atoms with E-state index in [0.29, 0.717) is 0 Å². The second-order valence-corrected chi connectivity index (χ2v) is 5.18. The van der Waals surface area contributed by atoms with Gasteiger partial charge in [0.05, 0.1) is 12.3 Å². The molecule has 2 heteroatoms. The molecule has 3 rings (SSSR count). The summed E-state index contributed by atoms with van der Waals surface area (Å²) in [5.41, 5.74) is 4.83. The Morgan fingerprint density at radius 1 is 0.857 bits per heavy atom. The van der Waals surface area contributed by atoms with Gasteiger partial charge in [-0.1, -0.05) is 54.6 Å². The highest BCUT2D eigenvalue weighted by molar-refractivity contribution is 5.63. The van der Waals surface area contributed by atoms with E-state index in [1.165, 1.54) is 22.3 Å². The molecule has 0 saturated heterocycles. The lowest BCUT2D eigenvalue weighted by molar-refractivity contribution is 0.460. The summed E-state index contributed by atoms with van der Waals surface area (Å²) in [6.07, 6.45) is 1.74. The number of benzene rings is 2. The van der Waals surface area contributed by atoms with Crippen LogP contribution in [0.1, 0.15) is 22.9 Å². The molecule has 0 bridgehead atoms. The Morgan fingerprint density at radius 2 is 1.52 bits per heavy atom. The van der Waals surface area contributed by atoms with Crippen LogP contribution in [0.15, 0.2) is 71.3 Å². The van der Waals surface area contributed by atoms with E-state index < -0.39 is 0 Å². The van der Waals surface area contributed by atoms with E-state index in [-0.39, 0.29) is 6.04 Å². The Morgan fingerprint density at radius 3 is 2.10 bits per heavy atom. The molecule has 3 aromatic rings. The molecule has 0 aliphatic heterocycles. The van der Waals surface area contributed by atoms with E-state index >= 15 is 0 Å². The first-order valence-corrected chi connectivity index (χ1v) is 7.16. The standard InChI is InChI=1S/C19H19NO/c1-14-12-13-21-19(14)18(20-2)17-10-8-16(9-11-17)15-6-4-3-5-7-15/h3-13,18,20H,1-2H3. The van der Waals surface area contributed by atoms with Gasteiger partial charge in [-0.25, -0.2) is 0 Å². The molecule has 1 unspecified atom stereocenters. The highest BCUT2D eigenvalue weighted by Gasteiger charge is 2.17. The molecule has 1 aromatic heterocycles. The third kappa shape index (κ3) is 2.76. The maximum absolute atomic E-state index is 5.62. The van der Waals surface area contributed by atoms with Crippen LogP contribution in [0, 0.1) is 6.92 Å². The monoisotopic (exact) mass is 277 g/mol. The minimum atomic E-state index is 0.0878. The Hall–Kier alpha value is -2.32. The van der Waals surface area contributed by atoms with E-state index in [4.69, 9.17) is 4.42 Å². The lowest BCUT2D eigenvalue weighted by Gasteiger charge is -2.16. The molecule has 0 aliphatic rings. The normalized spacial score (nSPS) is 12.3. The topological polar surface area (TPSA) is 25.2 Å². The van der Waals surface area contributed by atoms with E-state index in [9.17, 15) is 0 Å². The summed E-state index contributed by atoms with van der Waals surface area (Å²) < 4.78 is 5.62. The van der Waals surface area contributed by atoms with Crippen LogP contribution in [0.2, 0.25) is 0 Å². The zero-order valence-electron chi connectivity index (χ0n) is 12.3. The first kappa shape index (κ1) is 13.7. The van der Waals surface area contributed by atoms with Crippen molar-refractivity contribution in [3.8, 4) is 11.1 Å². The average Bonchev–Trinajstić information content (AvgIpc) is 2.96. The molecule has 1 N–H and O–H groups in total. The fraction of sp³-hybridized carbons (Fsp3) is 0.158. The van der Waals surface area contributed by atoms with Gasteiger partial charge in [0.25, 0.3) is 0 Å². The molecule has 0 radical (unpaired) electrons. The van der Waals surface area contributed by atoms with Gasteiger partial charge in [-0.05, 0) is 42.3 Å². The summed E-state index contributed by atoms with van der Waals surface area (Å²) in [5, 5.41) is 3.33. The van der Waals surface area contributed by atoms with Crippen molar-refractivity contribution in [2.75, 3.05) is 7.05 Å². The van der Waals surface area contributed by atoms with Crippen LogP contribution in [0.25, 0.3) is 11.1 Å². The molecule has 0 fully saturated rings. The molecule has 1 atom stereocenters. The van der Waals surface area contributed by atoms with Gasteiger partial charge in [-0.2, -0.15) is 0 Å². The van der Waals surface area contributed by atoms with Gasteiger partial charge in [0.1, 0.15) is 5.76 Å². The first-order chi connectivity index (χ1) is 10.3. The molecule has 1 heterocycles. The van der Waals surface area contributed by atoms with E-state index in [0.717, 1.165) is 5.76 Å². The van der Waals surface area contributed by atoms with E-state index in [2.05, 4.69) is 60.8 Å². The second-order valence-electron chi connectivity index (χ2n) is 5.18. The second kappa shape index (κ2) is 5.98. The quantitative estimate of drug-likeness (QED) is 0.756. The fourth-order valence-corrected chi connectivity index (χ4v) is 2.63. The molecule has 0 saturated carbocycles. The summed E-state index contributed by atoms with van der Waals surface area (Å²) in [6.45, 7) is 2.07. The number of furan rings is 1. The fourth-order valence-electron chi connectivity index (χ4n) is 2.63. The van der Waals surface area contributed by atoms with Crippen LogP contribution in [-0.4, -0.2) is 7.05 Å². The van der Waals surface area contributed by atoms with Gasteiger partial charge in [0, 0.05) is 0 Å². The highest BCUT2D eigenvalue weighted by atomic mass is 16.3. The Balaban J connectivity index is 1.91. The third-order valence-electron chi connectivity index (χ3n) is 3.80. The van der Waals surface area contributed by atoms with Gasteiger partial charge < -0.3 is 9.73 Å². The highest BCUT2D eigenvalue weighted by Crippen LogP contribution is 2.27. The smallest absolute Gasteiger partial charge is 0.128 e. The average molecular weight is 277 g/mol. The van der Waals surface area contributed by atoms with Crippen molar-refractivity contribution < 1.29 is 4.42 Å². The molecule has 0 aliphatic carbocycles. The zero-order chi connectivity index (χ0) is 14.7. The van der Waals surface area contributed by atoms with Crippen molar-refractivity contribution in [1.29, 1.82) is 0 Å². The van der Waals surface area contributed by atoms with Crippen molar-refractivity contribution in [1.82, 2.24) is 5.32 Å². The van der Waals surface area contributed by atoms with Crippen molar-refractivity contribution in [3.05, 3.63) is 83.8 Å². The van der Waals surface area contributed by atoms with Crippen LogP contribution in [0.5, 0.6) is 0 Å². The maximum Gasteiger partial charge on any atom is 0.128 e. The lowest BCUT2D eigenvalue weighted by atomic mass is 9.98. The van der Waals surface area contributed by atoms with Crippen LogP contribution in [0.4, 0.5) is 0 Å². The van der Waals surface area contributed by atoms with Crippen molar-refractivity contribution >= 4 is 0 Å². The number of hydrogen-bond acceptors (Lipinski definition) is 2. The van der Waals surface area contributed by atoms with Gasteiger partial charge in [0.15, 0.2) is 0 Å². The molecule has 0 spiro atoms. The van der Waals surface area contributed by atoms with Crippen LogP contribution in [0.3, 0.4) is 0 Å². The third-order valence-corrected chi connectivity index (χ3v) is 3.80. The molecule has 2 aromatic carbocycles. The number of hydrogen-bond donors (Lipinski definition) is 1. The van der Waals surface area contributed by atoms with Crippen LogP contribution < -0.4 is 5.32 Å². The summed E-state index contributed by atoms with van der Waals surface area (Å²) >= 11 is 0. The summed E-state index contributed by atoms with van der Waals surface area (Å²) in [6, 6.07) is 21.1. The van der Waals surface area contributed by atoms with E-state index in [1.54, 1.807) is 6.26 Å². The van der Waals surface area contributed by atoms with Crippen molar-refractivity contribution in [2.45, 2.75) is 13.0 Å². The van der Waals surface area contributed by atoms with Gasteiger partial charge in [-0.3, -0.25) is 0 Å². The van der Waals surface area contributed by atoms with Crippen LogP contribution in [-0.2, 0) is 0 Å². The van der Waals surface area contributed by atoms with Crippen molar-refractivity contribution in [3.63, 3.8) is 0 Å². The van der Waals surface area contributed by atoms with Crippen molar-refractivity contribution in [2.24, 2.45) is 0 Å². The predicted octanol–water partition coefficient (Wildman–Crippen LogP) is 4.56. The minimum Gasteiger partial charge on any atom is -0.467 e.